The first-order valence-corrected chi connectivity index (χ1v) is 7.79. The Kier molecular flexibility index (Phi) is 4.56. The zero-order valence-electron chi connectivity index (χ0n) is 13.0. The van der Waals surface area contributed by atoms with E-state index in [1.54, 1.807) is 0 Å². The Morgan fingerprint density at radius 2 is 1.70 bits per heavy atom. The van der Waals surface area contributed by atoms with Crippen molar-refractivity contribution in [1.82, 2.24) is 0 Å². The molecule has 3 heteroatoms. The highest BCUT2D eigenvalue weighted by Crippen LogP contribution is 2.31. The van der Waals surface area contributed by atoms with Crippen LogP contribution in [0.25, 0.3) is 21.9 Å². The number of fused-ring (bicyclic) bond motifs is 1. The van der Waals surface area contributed by atoms with Crippen molar-refractivity contribution in [1.29, 1.82) is 0 Å². The summed E-state index contributed by atoms with van der Waals surface area (Å²) >= 11 is 0. The van der Waals surface area contributed by atoms with E-state index in [4.69, 9.17) is 4.74 Å². The molecule has 0 aliphatic rings. The Labute approximate surface area is 134 Å². The molecule has 0 fully saturated rings. The topological polar surface area (TPSA) is 9.23 Å². The number of hydrogen-bond acceptors (Lipinski definition) is 1. The van der Waals surface area contributed by atoms with Crippen LogP contribution in [-0.2, 0) is 0 Å². The first kappa shape index (κ1) is 15.5. The molecule has 0 amide bonds. The van der Waals surface area contributed by atoms with Gasteiger partial charge in [-0.1, -0.05) is 37.6 Å². The summed E-state index contributed by atoms with van der Waals surface area (Å²) in [6.45, 7) is 2.81. The number of halogens is 2. The van der Waals surface area contributed by atoms with E-state index < -0.39 is 11.6 Å². The van der Waals surface area contributed by atoms with Gasteiger partial charge in [0.1, 0.15) is 17.4 Å². The molecule has 0 unspecified atom stereocenters. The second-order valence-corrected chi connectivity index (χ2v) is 5.55. The average molecular weight is 312 g/mol. The zero-order valence-corrected chi connectivity index (χ0v) is 13.0. The molecule has 0 aromatic heterocycles. The number of rotatable bonds is 5. The van der Waals surface area contributed by atoms with Crippen LogP contribution in [0.5, 0.6) is 5.75 Å². The number of benzene rings is 3. The number of hydrogen-bond donors (Lipinski definition) is 0. The Bertz CT molecular complexity index is 807. The molecule has 0 heterocycles. The molecule has 3 rings (SSSR count). The van der Waals surface area contributed by atoms with Gasteiger partial charge in [-0.15, -0.1) is 0 Å². The van der Waals surface area contributed by atoms with Gasteiger partial charge in [0, 0.05) is 6.07 Å². The van der Waals surface area contributed by atoms with Gasteiger partial charge in [-0.2, -0.15) is 0 Å². The summed E-state index contributed by atoms with van der Waals surface area (Å²) in [5, 5.41) is 1.93. The van der Waals surface area contributed by atoms with E-state index in [2.05, 4.69) is 6.92 Å². The normalized spacial score (nSPS) is 10.9. The molecule has 3 aromatic rings. The minimum atomic E-state index is -0.573. The lowest BCUT2D eigenvalue weighted by Crippen LogP contribution is -1.96. The summed E-state index contributed by atoms with van der Waals surface area (Å²) in [6.07, 6.45) is 2.10. The highest BCUT2D eigenvalue weighted by Gasteiger charge is 2.08. The minimum Gasteiger partial charge on any atom is -0.494 e. The summed E-state index contributed by atoms with van der Waals surface area (Å²) in [6, 6.07) is 15.1. The van der Waals surface area contributed by atoms with E-state index >= 15 is 0 Å². The molecule has 3 aromatic carbocycles. The van der Waals surface area contributed by atoms with Gasteiger partial charge in [-0.3, -0.25) is 0 Å². The predicted octanol–water partition coefficient (Wildman–Crippen LogP) is 5.96. The molecule has 1 nitrogen and oxygen atoms in total. The molecule has 0 radical (unpaired) electrons. The Balaban J connectivity index is 2.01. The standard InChI is InChI=1S/C20H18F2O/c1-2-3-9-23-18-7-8-20-14(12-18)5-4-6-19(20)15-10-16(21)13-17(22)11-15/h4-8,10-13H,2-3,9H2,1H3. The zero-order chi connectivity index (χ0) is 16.2. The van der Waals surface area contributed by atoms with Gasteiger partial charge < -0.3 is 4.74 Å². The fraction of sp³-hybridized carbons (Fsp3) is 0.200. The first-order valence-electron chi connectivity index (χ1n) is 7.79. The fourth-order valence-corrected chi connectivity index (χ4v) is 2.65. The summed E-state index contributed by atoms with van der Waals surface area (Å²) < 4.78 is 32.7. The third-order valence-corrected chi connectivity index (χ3v) is 3.79. The molecule has 0 aliphatic carbocycles. The fourth-order valence-electron chi connectivity index (χ4n) is 2.65. The van der Waals surface area contributed by atoms with Crippen LogP contribution in [0, 0.1) is 11.6 Å². The van der Waals surface area contributed by atoms with Gasteiger partial charge in [0.25, 0.3) is 0 Å². The van der Waals surface area contributed by atoms with Gasteiger partial charge in [0.2, 0.25) is 0 Å². The lowest BCUT2D eigenvalue weighted by Gasteiger charge is -2.10. The van der Waals surface area contributed by atoms with Crippen molar-refractivity contribution in [2.24, 2.45) is 0 Å². The van der Waals surface area contributed by atoms with Crippen LogP contribution >= 0.6 is 0 Å². The van der Waals surface area contributed by atoms with Crippen LogP contribution in [0.1, 0.15) is 19.8 Å². The summed E-state index contributed by atoms with van der Waals surface area (Å²) in [5.74, 6) is -0.332. The molecule has 0 bridgehead atoms. The largest absolute Gasteiger partial charge is 0.494 e. The van der Waals surface area contributed by atoms with Crippen molar-refractivity contribution in [3.05, 3.63) is 66.2 Å². The van der Waals surface area contributed by atoms with Crippen molar-refractivity contribution in [2.45, 2.75) is 19.8 Å². The van der Waals surface area contributed by atoms with Gasteiger partial charge in [-0.25, -0.2) is 8.78 Å². The quantitative estimate of drug-likeness (QED) is 0.528. The van der Waals surface area contributed by atoms with Crippen LogP contribution in [0.4, 0.5) is 8.78 Å². The molecular formula is C20H18F2O. The Hall–Kier alpha value is -2.42. The van der Waals surface area contributed by atoms with Crippen molar-refractivity contribution in [3.8, 4) is 16.9 Å². The first-order chi connectivity index (χ1) is 11.2. The SMILES string of the molecule is CCCCOc1ccc2c(-c3cc(F)cc(F)c3)cccc2c1. The molecule has 0 atom stereocenters. The summed E-state index contributed by atoms with van der Waals surface area (Å²) in [4.78, 5) is 0. The third kappa shape index (κ3) is 3.50. The van der Waals surface area contributed by atoms with E-state index in [1.165, 1.54) is 12.1 Å². The summed E-state index contributed by atoms with van der Waals surface area (Å²) in [5.41, 5.74) is 1.34. The lowest BCUT2D eigenvalue weighted by atomic mass is 9.98. The molecule has 118 valence electrons. The lowest BCUT2D eigenvalue weighted by molar-refractivity contribution is 0.310. The smallest absolute Gasteiger partial charge is 0.126 e. The van der Waals surface area contributed by atoms with Gasteiger partial charge in [0.05, 0.1) is 6.61 Å². The highest BCUT2D eigenvalue weighted by molar-refractivity contribution is 5.97. The predicted molar refractivity (Wildman–Crippen MR) is 89.7 cm³/mol. The van der Waals surface area contributed by atoms with Crippen LogP contribution < -0.4 is 4.74 Å². The van der Waals surface area contributed by atoms with Gasteiger partial charge in [0.15, 0.2) is 0 Å². The van der Waals surface area contributed by atoms with Crippen molar-refractivity contribution in [2.75, 3.05) is 6.61 Å². The number of ether oxygens (including phenoxy) is 1. The van der Waals surface area contributed by atoms with E-state index in [0.717, 1.165) is 41.0 Å². The van der Waals surface area contributed by atoms with Crippen LogP contribution in [0.2, 0.25) is 0 Å². The van der Waals surface area contributed by atoms with Crippen molar-refractivity contribution >= 4 is 10.8 Å². The van der Waals surface area contributed by atoms with Crippen molar-refractivity contribution < 1.29 is 13.5 Å². The van der Waals surface area contributed by atoms with Crippen LogP contribution in [0.15, 0.2) is 54.6 Å². The van der Waals surface area contributed by atoms with Crippen LogP contribution in [-0.4, -0.2) is 6.61 Å². The van der Waals surface area contributed by atoms with Gasteiger partial charge in [-0.05, 0) is 52.6 Å². The maximum atomic E-state index is 13.5. The molecule has 23 heavy (non-hydrogen) atoms. The Morgan fingerprint density at radius 1 is 0.913 bits per heavy atom. The summed E-state index contributed by atoms with van der Waals surface area (Å²) in [7, 11) is 0. The highest BCUT2D eigenvalue weighted by atomic mass is 19.1. The van der Waals surface area contributed by atoms with E-state index in [0.29, 0.717) is 12.2 Å². The second-order valence-electron chi connectivity index (χ2n) is 5.55. The second kappa shape index (κ2) is 6.78. The van der Waals surface area contributed by atoms with E-state index in [-0.39, 0.29) is 0 Å². The number of unbranched alkanes of at least 4 members (excludes halogenated alkanes) is 1. The molecule has 0 N–H and O–H groups in total. The van der Waals surface area contributed by atoms with Crippen LogP contribution in [0.3, 0.4) is 0 Å². The maximum absolute atomic E-state index is 13.5. The molecule has 0 spiro atoms. The van der Waals surface area contributed by atoms with Gasteiger partial charge >= 0.3 is 0 Å². The average Bonchev–Trinajstić information content (AvgIpc) is 2.53. The molecule has 0 saturated heterocycles. The molecule has 0 saturated carbocycles. The van der Waals surface area contributed by atoms with E-state index in [9.17, 15) is 8.78 Å². The molecular weight excluding hydrogens is 294 g/mol. The minimum absolute atomic E-state index is 0.535. The monoisotopic (exact) mass is 312 g/mol. The maximum Gasteiger partial charge on any atom is 0.126 e. The molecule has 0 aliphatic heterocycles. The van der Waals surface area contributed by atoms with E-state index in [1.807, 2.05) is 36.4 Å². The third-order valence-electron chi connectivity index (χ3n) is 3.79. The Morgan fingerprint density at radius 3 is 2.43 bits per heavy atom. The van der Waals surface area contributed by atoms with Crippen molar-refractivity contribution in [3.63, 3.8) is 0 Å².